The van der Waals surface area contributed by atoms with E-state index in [1.54, 1.807) is 0 Å². The number of nitrogens with one attached hydrogen (secondary N) is 1. The second-order valence-electron chi connectivity index (χ2n) is 6.69. The molecule has 5 nitrogen and oxygen atoms in total. The smallest absolute Gasteiger partial charge is 0.152 e. The number of hydrogen-bond donors (Lipinski definition) is 1. The predicted octanol–water partition coefficient (Wildman–Crippen LogP) is 2.50. The van der Waals surface area contributed by atoms with Crippen molar-refractivity contribution in [2.75, 3.05) is 18.4 Å². The van der Waals surface area contributed by atoms with E-state index in [-0.39, 0.29) is 0 Å². The van der Waals surface area contributed by atoms with Crippen molar-refractivity contribution in [3.05, 3.63) is 24.2 Å². The number of hydrogen-bond acceptors (Lipinski definition) is 4. The van der Waals surface area contributed by atoms with E-state index in [9.17, 15) is 0 Å². The largest absolute Gasteiger partial charge is 0.364 e. The fourth-order valence-corrected chi connectivity index (χ4v) is 3.20. The zero-order valence-electron chi connectivity index (χ0n) is 12.8. The SMILES string of the molecule is CC(C)c1cc2c(NC3CCN(C4CC4)C3)nccn2n1. The van der Waals surface area contributed by atoms with Gasteiger partial charge in [0.1, 0.15) is 5.52 Å². The molecule has 0 bridgehead atoms. The summed E-state index contributed by atoms with van der Waals surface area (Å²) in [6, 6.07) is 3.54. The highest BCUT2D eigenvalue weighted by atomic mass is 15.3. The summed E-state index contributed by atoms with van der Waals surface area (Å²) in [5, 5.41) is 8.26. The van der Waals surface area contributed by atoms with Gasteiger partial charge in [-0.25, -0.2) is 9.50 Å². The Morgan fingerprint density at radius 2 is 2.14 bits per heavy atom. The third-order valence-corrected chi connectivity index (χ3v) is 4.62. The molecule has 4 rings (SSSR count). The normalized spacial score (nSPS) is 23.3. The fraction of sp³-hybridized carbons (Fsp3) is 0.625. The van der Waals surface area contributed by atoms with Crippen LogP contribution in [0.5, 0.6) is 0 Å². The fourth-order valence-electron chi connectivity index (χ4n) is 3.20. The summed E-state index contributed by atoms with van der Waals surface area (Å²) in [5.74, 6) is 1.41. The minimum atomic E-state index is 0.439. The maximum absolute atomic E-state index is 4.63. The van der Waals surface area contributed by atoms with Gasteiger partial charge in [-0.15, -0.1) is 0 Å². The third kappa shape index (κ3) is 2.50. The van der Waals surface area contributed by atoms with Gasteiger partial charge in [-0.2, -0.15) is 5.10 Å². The molecule has 21 heavy (non-hydrogen) atoms. The van der Waals surface area contributed by atoms with Crippen LogP contribution in [0.3, 0.4) is 0 Å². The molecule has 1 unspecified atom stereocenters. The molecule has 1 aliphatic carbocycles. The Morgan fingerprint density at radius 3 is 2.90 bits per heavy atom. The van der Waals surface area contributed by atoms with Crippen molar-refractivity contribution in [1.82, 2.24) is 19.5 Å². The number of likely N-dealkylation sites (tertiary alicyclic amines) is 1. The van der Waals surface area contributed by atoms with Crippen molar-refractivity contribution in [1.29, 1.82) is 0 Å². The lowest BCUT2D eigenvalue weighted by atomic mass is 10.1. The molecule has 2 aliphatic rings. The minimum Gasteiger partial charge on any atom is -0.364 e. The van der Waals surface area contributed by atoms with Crippen LogP contribution in [0.2, 0.25) is 0 Å². The van der Waals surface area contributed by atoms with Gasteiger partial charge in [0.2, 0.25) is 0 Å². The van der Waals surface area contributed by atoms with Gasteiger partial charge in [-0.1, -0.05) is 13.8 Å². The van der Waals surface area contributed by atoms with Gasteiger partial charge < -0.3 is 5.32 Å². The summed E-state index contributed by atoms with van der Waals surface area (Å²) in [4.78, 5) is 7.16. The number of nitrogens with zero attached hydrogens (tertiary/aromatic N) is 4. The minimum absolute atomic E-state index is 0.439. The first kappa shape index (κ1) is 13.1. The Bertz CT molecular complexity index is 643. The lowest BCUT2D eigenvalue weighted by Gasteiger charge is -2.16. The number of anilines is 1. The maximum Gasteiger partial charge on any atom is 0.152 e. The number of fused-ring (bicyclic) bond motifs is 1. The molecule has 5 heteroatoms. The molecular weight excluding hydrogens is 262 g/mol. The lowest BCUT2D eigenvalue weighted by molar-refractivity contribution is 0.326. The predicted molar refractivity (Wildman–Crippen MR) is 83.7 cm³/mol. The van der Waals surface area contributed by atoms with E-state index in [0.717, 1.165) is 29.6 Å². The van der Waals surface area contributed by atoms with Gasteiger partial charge in [0.15, 0.2) is 5.82 Å². The van der Waals surface area contributed by atoms with Gasteiger partial charge in [-0.05, 0) is 31.2 Å². The molecule has 1 atom stereocenters. The third-order valence-electron chi connectivity index (χ3n) is 4.62. The van der Waals surface area contributed by atoms with Crippen molar-refractivity contribution in [3.8, 4) is 0 Å². The molecule has 1 N–H and O–H groups in total. The first-order valence-electron chi connectivity index (χ1n) is 8.05. The quantitative estimate of drug-likeness (QED) is 0.937. The van der Waals surface area contributed by atoms with Crippen LogP contribution in [0.15, 0.2) is 18.5 Å². The average Bonchev–Trinajstić information content (AvgIpc) is 3.04. The Labute approximate surface area is 125 Å². The van der Waals surface area contributed by atoms with Crippen LogP contribution in [0.4, 0.5) is 5.82 Å². The highest BCUT2D eigenvalue weighted by molar-refractivity contribution is 5.68. The van der Waals surface area contributed by atoms with Crippen molar-refractivity contribution < 1.29 is 0 Å². The summed E-state index contributed by atoms with van der Waals surface area (Å²) in [6.45, 7) is 6.72. The first-order chi connectivity index (χ1) is 10.2. The molecule has 1 saturated heterocycles. The number of aromatic nitrogens is 3. The Morgan fingerprint density at radius 1 is 1.29 bits per heavy atom. The van der Waals surface area contributed by atoms with Crippen molar-refractivity contribution in [3.63, 3.8) is 0 Å². The molecule has 0 spiro atoms. The molecule has 1 aliphatic heterocycles. The van der Waals surface area contributed by atoms with E-state index in [0.29, 0.717) is 12.0 Å². The van der Waals surface area contributed by atoms with Crippen LogP contribution in [-0.4, -0.2) is 44.7 Å². The number of rotatable bonds is 4. The van der Waals surface area contributed by atoms with Crippen molar-refractivity contribution in [2.24, 2.45) is 0 Å². The zero-order valence-corrected chi connectivity index (χ0v) is 12.8. The second kappa shape index (κ2) is 4.98. The standard InChI is InChI=1S/C16H23N5/c1-11(2)14-9-15-16(17-6-8-21(15)19-14)18-12-5-7-20(10-12)13-3-4-13/h6,8-9,11-13H,3-5,7,10H2,1-2H3,(H,17,18). The zero-order chi connectivity index (χ0) is 14.4. The van der Waals surface area contributed by atoms with Crippen LogP contribution in [0.1, 0.15) is 44.7 Å². The second-order valence-corrected chi connectivity index (χ2v) is 6.69. The van der Waals surface area contributed by atoms with Gasteiger partial charge >= 0.3 is 0 Å². The molecule has 112 valence electrons. The molecule has 2 aromatic rings. The molecule has 3 heterocycles. The summed E-state index contributed by atoms with van der Waals surface area (Å²) in [7, 11) is 0. The highest BCUT2D eigenvalue weighted by Crippen LogP contribution is 2.31. The summed E-state index contributed by atoms with van der Waals surface area (Å²) < 4.78 is 1.94. The lowest BCUT2D eigenvalue weighted by Crippen LogP contribution is -2.28. The van der Waals surface area contributed by atoms with E-state index < -0.39 is 0 Å². The summed E-state index contributed by atoms with van der Waals surface area (Å²) in [6.07, 6.45) is 7.75. The Hall–Kier alpha value is -1.62. The molecule has 0 radical (unpaired) electrons. The molecule has 1 saturated carbocycles. The summed E-state index contributed by atoms with van der Waals surface area (Å²) in [5.41, 5.74) is 2.21. The van der Waals surface area contributed by atoms with Gasteiger partial charge in [0, 0.05) is 37.6 Å². The van der Waals surface area contributed by atoms with E-state index >= 15 is 0 Å². The van der Waals surface area contributed by atoms with E-state index in [1.165, 1.54) is 25.8 Å². The van der Waals surface area contributed by atoms with Crippen molar-refractivity contribution in [2.45, 2.75) is 51.1 Å². The van der Waals surface area contributed by atoms with Gasteiger partial charge in [-0.3, -0.25) is 4.90 Å². The molecule has 2 aromatic heterocycles. The highest BCUT2D eigenvalue weighted by Gasteiger charge is 2.34. The summed E-state index contributed by atoms with van der Waals surface area (Å²) >= 11 is 0. The Balaban J connectivity index is 1.55. The van der Waals surface area contributed by atoms with Crippen LogP contribution < -0.4 is 5.32 Å². The average molecular weight is 285 g/mol. The van der Waals surface area contributed by atoms with E-state index in [4.69, 9.17) is 0 Å². The Kier molecular flexibility index (Phi) is 3.10. The van der Waals surface area contributed by atoms with Crippen LogP contribution in [-0.2, 0) is 0 Å². The maximum atomic E-state index is 4.63. The van der Waals surface area contributed by atoms with E-state index in [1.807, 2.05) is 16.9 Å². The monoisotopic (exact) mass is 285 g/mol. The molecule has 0 aromatic carbocycles. The molecule has 0 amide bonds. The van der Waals surface area contributed by atoms with Crippen LogP contribution in [0, 0.1) is 0 Å². The van der Waals surface area contributed by atoms with Crippen molar-refractivity contribution >= 4 is 11.3 Å². The topological polar surface area (TPSA) is 45.5 Å². The van der Waals surface area contributed by atoms with Gasteiger partial charge in [0.05, 0.1) is 5.69 Å². The van der Waals surface area contributed by atoms with Crippen LogP contribution in [0.25, 0.3) is 5.52 Å². The van der Waals surface area contributed by atoms with Gasteiger partial charge in [0.25, 0.3) is 0 Å². The first-order valence-corrected chi connectivity index (χ1v) is 8.05. The van der Waals surface area contributed by atoms with Crippen LogP contribution >= 0.6 is 0 Å². The molecular formula is C16H23N5. The van der Waals surface area contributed by atoms with E-state index in [2.05, 4.69) is 40.2 Å². The molecule has 2 fully saturated rings.